The Hall–Kier alpha value is -1.10. The zero-order valence-corrected chi connectivity index (χ0v) is 7.49. The van der Waals surface area contributed by atoms with Crippen LogP contribution in [0.2, 0.25) is 1.41 Å². The molecule has 1 heterocycles. The fraction of sp³-hybridized carbons (Fsp3) is 0.750. The van der Waals surface area contributed by atoms with Gasteiger partial charge >= 0.3 is 5.97 Å². The zero-order chi connectivity index (χ0) is 10.7. The van der Waals surface area contributed by atoms with Crippen LogP contribution in [-0.2, 0) is 9.59 Å². The summed E-state index contributed by atoms with van der Waals surface area (Å²) in [4.78, 5) is 21.9. The first-order valence-electron chi connectivity index (χ1n) is 4.76. The highest BCUT2D eigenvalue weighted by atomic mass is 16.4. The number of hydrogen-bond acceptors (Lipinski definition) is 3. The summed E-state index contributed by atoms with van der Waals surface area (Å²) in [6.45, 7) is 1.98. The Bertz CT molecular complexity index is 247. The lowest BCUT2D eigenvalue weighted by molar-refractivity contribution is -0.141. The summed E-state index contributed by atoms with van der Waals surface area (Å²) < 4.78 is 7.40. The normalized spacial score (nSPS) is 26.5. The average Bonchev–Trinajstić information content (AvgIpc) is 2.51. The Morgan fingerprint density at radius 2 is 2.46 bits per heavy atom. The van der Waals surface area contributed by atoms with Crippen molar-refractivity contribution >= 4 is 11.9 Å². The molecule has 5 nitrogen and oxygen atoms in total. The third-order valence-electron chi connectivity index (χ3n) is 2.02. The molecule has 0 aromatic rings. The Morgan fingerprint density at radius 1 is 1.77 bits per heavy atom. The Kier molecular flexibility index (Phi) is 2.76. The molecule has 0 spiro atoms. The van der Waals surface area contributed by atoms with E-state index in [0.29, 0.717) is 13.0 Å². The molecular formula is C8H14N2O3. The third kappa shape index (κ3) is 2.69. The third-order valence-corrected chi connectivity index (χ3v) is 2.02. The van der Waals surface area contributed by atoms with Gasteiger partial charge in [0.15, 0.2) is 0 Å². The van der Waals surface area contributed by atoms with Crippen LogP contribution in [0.3, 0.4) is 0 Å². The number of hydrogen-bond donors (Lipinski definition) is 3. The summed E-state index contributed by atoms with van der Waals surface area (Å²) in [5, 5.41) is 12.1. The van der Waals surface area contributed by atoms with Crippen LogP contribution in [0.15, 0.2) is 0 Å². The maximum atomic E-state index is 11.4. The van der Waals surface area contributed by atoms with Gasteiger partial charge in [-0.15, -0.1) is 0 Å². The van der Waals surface area contributed by atoms with Gasteiger partial charge in [0.05, 0.1) is 6.04 Å². The van der Waals surface area contributed by atoms with E-state index in [4.69, 9.17) is 6.52 Å². The fourth-order valence-electron chi connectivity index (χ4n) is 1.21. The smallest absolute Gasteiger partial charge is 0.325 e. The average molecular weight is 187 g/mol. The van der Waals surface area contributed by atoms with E-state index >= 15 is 0 Å². The maximum Gasteiger partial charge on any atom is 0.325 e. The number of rotatable bonds is 3. The molecule has 0 unspecified atom stereocenters. The summed E-state index contributed by atoms with van der Waals surface area (Å²) in [7, 11) is 0. The molecule has 0 radical (unpaired) electrons. The molecule has 0 aliphatic carbocycles. The van der Waals surface area contributed by atoms with E-state index in [0.717, 1.165) is 6.42 Å². The van der Waals surface area contributed by atoms with E-state index in [1.165, 1.54) is 12.2 Å². The van der Waals surface area contributed by atoms with E-state index in [1.54, 1.807) is 0 Å². The SMILES string of the molecule is [2H]N1CCC[C@@H]1C(=O)N[C@@H](C)C(=O)O. The minimum Gasteiger partial charge on any atom is -0.480 e. The predicted octanol–water partition coefficient (Wildman–Crippen LogP) is -0.672. The standard InChI is InChI=1S/C8H14N2O3/c1-5(8(12)13)10-7(11)6-3-2-4-9-6/h5-6,9H,2-4H2,1H3,(H,10,11)(H,12,13)/t5-,6+/m0/s1/i/hD. The van der Waals surface area contributed by atoms with Crippen LogP contribution in [0.1, 0.15) is 19.8 Å². The number of carbonyl (C=O) groups is 2. The van der Waals surface area contributed by atoms with Crippen LogP contribution in [0, 0.1) is 0 Å². The van der Waals surface area contributed by atoms with Crippen molar-refractivity contribution in [2.45, 2.75) is 31.8 Å². The largest absolute Gasteiger partial charge is 0.480 e. The van der Waals surface area contributed by atoms with Gasteiger partial charge in [0, 0.05) is 0 Å². The maximum absolute atomic E-state index is 11.4. The number of carbonyl (C=O) groups excluding carboxylic acids is 1. The van der Waals surface area contributed by atoms with Gasteiger partial charge in [-0.25, -0.2) is 0 Å². The quantitative estimate of drug-likeness (QED) is 0.547. The summed E-state index contributed by atoms with van der Waals surface area (Å²) >= 11 is 0. The highest BCUT2D eigenvalue weighted by Gasteiger charge is 2.24. The van der Waals surface area contributed by atoms with Crippen molar-refractivity contribution in [3.05, 3.63) is 0 Å². The van der Waals surface area contributed by atoms with Crippen LogP contribution in [0.25, 0.3) is 0 Å². The highest BCUT2D eigenvalue weighted by Crippen LogP contribution is 2.04. The number of aliphatic carboxylic acids is 1. The molecule has 0 bridgehead atoms. The summed E-state index contributed by atoms with van der Waals surface area (Å²) in [5.41, 5.74) is 0. The van der Waals surface area contributed by atoms with Crippen molar-refractivity contribution in [1.82, 2.24) is 10.6 Å². The van der Waals surface area contributed by atoms with Gasteiger partial charge in [-0.2, -0.15) is 0 Å². The molecule has 2 atom stereocenters. The van der Waals surface area contributed by atoms with Crippen molar-refractivity contribution in [1.29, 1.82) is 0 Å². The van der Waals surface area contributed by atoms with Gasteiger partial charge in [0.25, 0.3) is 0 Å². The molecule has 1 rings (SSSR count). The molecular weight excluding hydrogens is 172 g/mol. The molecule has 5 heteroatoms. The lowest BCUT2D eigenvalue weighted by Crippen LogP contribution is -2.46. The second kappa shape index (κ2) is 4.23. The van der Waals surface area contributed by atoms with Crippen LogP contribution in [0.4, 0.5) is 0 Å². The van der Waals surface area contributed by atoms with E-state index in [-0.39, 0.29) is 5.91 Å². The molecule has 1 saturated heterocycles. The van der Waals surface area contributed by atoms with Crippen LogP contribution < -0.4 is 10.6 Å². The highest BCUT2D eigenvalue weighted by molar-refractivity contribution is 5.86. The lowest BCUT2D eigenvalue weighted by Gasteiger charge is -2.13. The first-order valence-corrected chi connectivity index (χ1v) is 4.31. The van der Waals surface area contributed by atoms with Crippen molar-refractivity contribution in [3.63, 3.8) is 0 Å². The number of amides is 1. The van der Waals surface area contributed by atoms with Gasteiger partial charge in [-0.1, -0.05) is 0 Å². The summed E-state index contributed by atoms with van der Waals surface area (Å²) in [5.74, 6) is -1.43. The van der Waals surface area contributed by atoms with Crippen molar-refractivity contribution in [2.24, 2.45) is 0 Å². The van der Waals surface area contributed by atoms with Crippen molar-refractivity contribution in [2.75, 3.05) is 6.54 Å². The van der Waals surface area contributed by atoms with Gasteiger partial charge in [0.1, 0.15) is 7.45 Å². The van der Waals surface area contributed by atoms with Crippen LogP contribution >= 0.6 is 0 Å². The Labute approximate surface area is 78.0 Å². The monoisotopic (exact) mass is 187 g/mol. The molecule has 3 N–H and O–H groups in total. The second-order valence-electron chi connectivity index (χ2n) is 3.13. The molecule has 1 amide bonds. The minimum atomic E-state index is -1.06. The molecule has 0 saturated carbocycles. The molecule has 0 aromatic heterocycles. The first kappa shape index (κ1) is 8.50. The summed E-state index contributed by atoms with van der Waals surface area (Å²) in [6, 6.07) is -1.38. The molecule has 74 valence electrons. The topological polar surface area (TPSA) is 78.4 Å². The van der Waals surface area contributed by atoms with Crippen molar-refractivity contribution in [3.8, 4) is 0 Å². The van der Waals surface area contributed by atoms with Crippen LogP contribution in [0.5, 0.6) is 0 Å². The zero-order valence-electron chi connectivity index (χ0n) is 8.49. The minimum absolute atomic E-state index is 0.368. The van der Waals surface area contributed by atoms with Gasteiger partial charge < -0.3 is 15.7 Å². The molecule has 1 fully saturated rings. The van der Waals surface area contributed by atoms with Gasteiger partial charge in [-0.05, 0) is 26.3 Å². The number of carboxylic acids is 1. The van der Waals surface area contributed by atoms with E-state index in [1.807, 2.05) is 0 Å². The first-order chi connectivity index (χ1) is 6.52. The van der Waals surface area contributed by atoms with Crippen LogP contribution in [-0.4, -0.2) is 35.6 Å². The van der Waals surface area contributed by atoms with E-state index in [2.05, 4.69) is 5.32 Å². The number of carboxylic acid groups (broad SMARTS) is 1. The summed E-state index contributed by atoms with van der Waals surface area (Å²) in [6.07, 6.45) is 1.44. The lowest BCUT2D eigenvalue weighted by atomic mass is 10.2. The van der Waals surface area contributed by atoms with Gasteiger partial charge in [-0.3, -0.25) is 9.59 Å². The van der Waals surface area contributed by atoms with Crippen molar-refractivity contribution < 1.29 is 16.1 Å². The Balaban J connectivity index is 2.45. The molecule has 0 aromatic carbocycles. The van der Waals surface area contributed by atoms with E-state index < -0.39 is 18.1 Å². The fourth-order valence-corrected chi connectivity index (χ4v) is 1.21. The Morgan fingerprint density at radius 3 is 2.92 bits per heavy atom. The molecule has 13 heavy (non-hydrogen) atoms. The number of nitrogens with one attached hydrogen (secondary N) is 2. The van der Waals surface area contributed by atoms with E-state index in [9.17, 15) is 9.59 Å². The van der Waals surface area contributed by atoms with Gasteiger partial charge in [0.2, 0.25) is 5.91 Å². The molecule has 1 aliphatic heterocycles. The molecule has 1 aliphatic rings. The predicted molar refractivity (Wildman–Crippen MR) is 46.3 cm³/mol. The second-order valence-corrected chi connectivity index (χ2v) is 3.13.